The molecule has 2 aliphatic heterocycles. The molecule has 2 heterocycles. The molecule has 3 atom stereocenters. The molecule has 3 unspecified atom stereocenters. The van der Waals surface area contributed by atoms with Crippen LogP contribution in [0.15, 0.2) is 0 Å². The van der Waals surface area contributed by atoms with Gasteiger partial charge in [-0.15, -0.1) is 0 Å². The molecule has 0 bridgehead atoms. The van der Waals surface area contributed by atoms with Crippen molar-refractivity contribution < 1.29 is 9.59 Å². The van der Waals surface area contributed by atoms with E-state index in [0.717, 1.165) is 44.6 Å². The van der Waals surface area contributed by atoms with E-state index in [0.29, 0.717) is 26.2 Å². The number of piperidine rings is 1. The standard InChI is InChI=1S/C19H37N5O2/c1-5-20-18(25)14-22-6-8-24(9-7-22)19(26)21-17(4)13-23-11-15(2)10-16(3)12-23/h15-17H,5-14H2,1-4H3,(H,20,25)(H,21,26). The normalized spacial score (nSPS) is 26.4. The van der Waals surface area contributed by atoms with Gasteiger partial charge in [-0.2, -0.15) is 0 Å². The second kappa shape index (κ2) is 10.1. The molecule has 0 spiro atoms. The van der Waals surface area contributed by atoms with Crippen molar-refractivity contribution in [3.8, 4) is 0 Å². The fourth-order valence-electron chi connectivity index (χ4n) is 4.24. The van der Waals surface area contributed by atoms with E-state index in [2.05, 4.69) is 41.2 Å². The second-order valence-corrected chi connectivity index (χ2v) is 8.23. The van der Waals surface area contributed by atoms with Gasteiger partial charge < -0.3 is 20.4 Å². The summed E-state index contributed by atoms with van der Waals surface area (Å²) in [5, 5.41) is 5.97. The van der Waals surface area contributed by atoms with Crippen molar-refractivity contribution in [3.63, 3.8) is 0 Å². The minimum atomic E-state index is 0.0215. The highest BCUT2D eigenvalue weighted by Gasteiger charge is 2.26. The van der Waals surface area contributed by atoms with Crippen molar-refractivity contribution in [2.75, 3.05) is 58.9 Å². The molecule has 7 heteroatoms. The molecule has 0 aliphatic carbocycles. The molecule has 2 saturated heterocycles. The third-order valence-electron chi connectivity index (χ3n) is 5.25. The highest BCUT2D eigenvalue weighted by atomic mass is 16.2. The minimum Gasteiger partial charge on any atom is -0.355 e. The van der Waals surface area contributed by atoms with Crippen LogP contribution in [0.2, 0.25) is 0 Å². The average molecular weight is 368 g/mol. The lowest BCUT2D eigenvalue weighted by atomic mass is 9.92. The van der Waals surface area contributed by atoms with Gasteiger partial charge in [-0.1, -0.05) is 13.8 Å². The molecule has 7 nitrogen and oxygen atoms in total. The van der Waals surface area contributed by atoms with Crippen molar-refractivity contribution in [2.24, 2.45) is 11.8 Å². The first kappa shape index (κ1) is 21.0. The molecule has 2 fully saturated rings. The molecule has 0 aromatic rings. The summed E-state index contributed by atoms with van der Waals surface area (Å²) in [5.41, 5.74) is 0. The quantitative estimate of drug-likeness (QED) is 0.729. The van der Waals surface area contributed by atoms with Crippen molar-refractivity contribution in [1.29, 1.82) is 0 Å². The SMILES string of the molecule is CCNC(=O)CN1CCN(C(=O)NC(C)CN2CC(C)CC(C)C2)CC1. The number of nitrogens with one attached hydrogen (secondary N) is 2. The van der Waals surface area contributed by atoms with Crippen molar-refractivity contribution >= 4 is 11.9 Å². The van der Waals surface area contributed by atoms with E-state index < -0.39 is 0 Å². The predicted molar refractivity (Wildman–Crippen MR) is 104 cm³/mol. The lowest BCUT2D eigenvalue weighted by molar-refractivity contribution is -0.122. The Balaban J connectivity index is 1.69. The van der Waals surface area contributed by atoms with Gasteiger partial charge in [-0.25, -0.2) is 4.79 Å². The molecular weight excluding hydrogens is 330 g/mol. The first-order chi connectivity index (χ1) is 12.4. The highest BCUT2D eigenvalue weighted by Crippen LogP contribution is 2.20. The fraction of sp³-hybridized carbons (Fsp3) is 0.895. The van der Waals surface area contributed by atoms with Crippen molar-refractivity contribution in [1.82, 2.24) is 25.3 Å². The van der Waals surface area contributed by atoms with Crippen molar-refractivity contribution in [2.45, 2.75) is 40.2 Å². The Morgan fingerprint density at radius 2 is 1.65 bits per heavy atom. The summed E-state index contributed by atoms with van der Waals surface area (Å²) in [6.07, 6.45) is 1.30. The fourth-order valence-corrected chi connectivity index (χ4v) is 4.24. The average Bonchev–Trinajstić information content (AvgIpc) is 2.54. The van der Waals surface area contributed by atoms with E-state index in [1.54, 1.807) is 0 Å². The van der Waals surface area contributed by atoms with Crippen LogP contribution in [0.1, 0.15) is 34.1 Å². The number of piperazine rings is 1. The molecule has 2 aliphatic rings. The summed E-state index contributed by atoms with van der Waals surface area (Å²) in [5.74, 6) is 1.53. The number of hydrogen-bond acceptors (Lipinski definition) is 4. The maximum Gasteiger partial charge on any atom is 0.317 e. The molecular formula is C19H37N5O2. The number of carbonyl (C=O) groups excluding carboxylic acids is 2. The van der Waals surface area contributed by atoms with Gasteiger partial charge in [0.25, 0.3) is 0 Å². The molecule has 2 N–H and O–H groups in total. The van der Waals surface area contributed by atoms with Gasteiger partial charge in [-0.05, 0) is 32.1 Å². The van der Waals surface area contributed by atoms with E-state index in [1.165, 1.54) is 6.42 Å². The first-order valence-electron chi connectivity index (χ1n) is 10.1. The zero-order valence-electron chi connectivity index (χ0n) is 17.0. The number of nitrogens with zero attached hydrogens (tertiary/aromatic N) is 3. The summed E-state index contributed by atoms with van der Waals surface area (Å²) in [6.45, 7) is 15.7. The van der Waals surface area contributed by atoms with Gasteiger partial charge >= 0.3 is 6.03 Å². The zero-order chi connectivity index (χ0) is 19.1. The van der Waals surface area contributed by atoms with Gasteiger partial charge in [0, 0.05) is 58.4 Å². The molecule has 150 valence electrons. The van der Waals surface area contributed by atoms with Crippen LogP contribution in [0.4, 0.5) is 4.79 Å². The summed E-state index contributed by atoms with van der Waals surface area (Å²) >= 11 is 0. The van der Waals surface area contributed by atoms with Crippen LogP contribution in [0.3, 0.4) is 0 Å². The summed E-state index contributed by atoms with van der Waals surface area (Å²) < 4.78 is 0. The Morgan fingerprint density at radius 1 is 1.04 bits per heavy atom. The lowest BCUT2D eigenvalue weighted by Gasteiger charge is -2.37. The van der Waals surface area contributed by atoms with Gasteiger partial charge in [0.2, 0.25) is 5.91 Å². The highest BCUT2D eigenvalue weighted by molar-refractivity contribution is 5.78. The molecule has 0 saturated carbocycles. The van der Waals surface area contributed by atoms with Gasteiger partial charge in [0.15, 0.2) is 0 Å². The smallest absolute Gasteiger partial charge is 0.317 e. The number of hydrogen-bond donors (Lipinski definition) is 2. The summed E-state index contributed by atoms with van der Waals surface area (Å²) in [4.78, 5) is 30.6. The van der Waals surface area contributed by atoms with Crippen LogP contribution in [0, 0.1) is 11.8 Å². The largest absolute Gasteiger partial charge is 0.355 e. The summed E-state index contributed by atoms with van der Waals surface area (Å²) in [7, 11) is 0. The predicted octanol–water partition coefficient (Wildman–Crippen LogP) is 0.816. The van der Waals surface area contributed by atoms with Crippen LogP contribution < -0.4 is 10.6 Å². The van der Waals surface area contributed by atoms with Crippen LogP contribution in [0.5, 0.6) is 0 Å². The number of urea groups is 1. The van der Waals surface area contributed by atoms with Gasteiger partial charge in [-0.3, -0.25) is 9.69 Å². The Kier molecular flexibility index (Phi) is 8.15. The van der Waals surface area contributed by atoms with Gasteiger partial charge in [0.05, 0.1) is 6.54 Å². The van der Waals surface area contributed by atoms with Crippen LogP contribution in [-0.2, 0) is 4.79 Å². The monoisotopic (exact) mass is 367 g/mol. The zero-order valence-corrected chi connectivity index (χ0v) is 17.0. The number of rotatable bonds is 6. The van der Waals surface area contributed by atoms with E-state index in [9.17, 15) is 9.59 Å². The Bertz CT molecular complexity index is 455. The molecule has 3 amide bonds. The van der Waals surface area contributed by atoms with E-state index in [1.807, 2.05) is 11.8 Å². The first-order valence-corrected chi connectivity index (χ1v) is 10.1. The van der Waals surface area contributed by atoms with Gasteiger partial charge in [0.1, 0.15) is 0 Å². The topological polar surface area (TPSA) is 67.9 Å². The number of carbonyl (C=O) groups is 2. The van der Waals surface area contributed by atoms with Crippen LogP contribution >= 0.6 is 0 Å². The van der Waals surface area contributed by atoms with E-state index >= 15 is 0 Å². The number of likely N-dealkylation sites (tertiary alicyclic amines) is 1. The maximum absolute atomic E-state index is 12.5. The van der Waals surface area contributed by atoms with Crippen LogP contribution in [0.25, 0.3) is 0 Å². The van der Waals surface area contributed by atoms with Crippen LogP contribution in [-0.4, -0.2) is 91.6 Å². The summed E-state index contributed by atoms with van der Waals surface area (Å²) in [6, 6.07) is 0.168. The minimum absolute atomic E-state index is 0.0215. The Labute approximate surface area is 158 Å². The molecule has 0 aromatic heterocycles. The third-order valence-corrected chi connectivity index (χ3v) is 5.25. The number of likely N-dealkylation sites (N-methyl/N-ethyl adjacent to an activating group) is 1. The Morgan fingerprint density at radius 3 is 2.23 bits per heavy atom. The lowest BCUT2D eigenvalue weighted by Crippen LogP contribution is -2.55. The molecule has 0 aromatic carbocycles. The molecule has 2 rings (SSSR count). The van der Waals surface area contributed by atoms with Crippen molar-refractivity contribution in [3.05, 3.63) is 0 Å². The molecule has 26 heavy (non-hydrogen) atoms. The second-order valence-electron chi connectivity index (χ2n) is 8.23. The maximum atomic E-state index is 12.5. The molecule has 0 radical (unpaired) electrons. The Hall–Kier alpha value is -1.34. The van der Waals surface area contributed by atoms with E-state index in [-0.39, 0.29) is 18.0 Å². The van der Waals surface area contributed by atoms with E-state index in [4.69, 9.17) is 0 Å². The number of amides is 3. The third kappa shape index (κ3) is 6.76.